The number of likely N-dealkylation sites (tertiary alicyclic amines) is 1. The molecule has 0 radical (unpaired) electrons. The lowest BCUT2D eigenvalue weighted by Gasteiger charge is -2.20. The van der Waals surface area contributed by atoms with Crippen LogP contribution in [0.2, 0.25) is 0 Å². The summed E-state index contributed by atoms with van der Waals surface area (Å²) in [5, 5.41) is 0. The molecule has 1 aromatic heterocycles. The van der Waals surface area contributed by atoms with Crippen LogP contribution >= 0.6 is 27.3 Å². The Hall–Kier alpha value is 0.1000. The molecule has 2 rings (SSSR count). The topological polar surface area (TPSA) is 6.48 Å². The first-order chi connectivity index (χ1) is 7.74. The van der Waals surface area contributed by atoms with E-state index in [1.54, 1.807) is 0 Å². The van der Waals surface area contributed by atoms with Gasteiger partial charge < -0.3 is 9.80 Å². The molecule has 90 valence electrons. The van der Waals surface area contributed by atoms with E-state index in [4.69, 9.17) is 0 Å². The molecule has 0 amide bonds. The Kier molecular flexibility index (Phi) is 4.82. The monoisotopic (exact) mass is 302 g/mol. The van der Waals surface area contributed by atoms with E-state index in [-0.39, 0.29) is 0 Å². The van der Waals surface area contributed by atoms with Crippen LogP contribution in [0.15, 0.2) is 15.9 Å². The summed E-state index contributed by atoms with van der Waals surface area (Å²) in [7, 11) is 2.21. The van der Waals surface area contributed by atoms with Crippen molar-refractivity contribution in [2.75, 3.05) is 33.2 Å². The van der Waals surface area contributed by atoms with Gasteiger partial charge in [0.05, 0.1) is 3.79 Å². The molecule has 0 bridgehead atoms. The highest BCUT2D eigenvalue weighted by molar-refractivity contribution is 9.11. The van der Waals surface area contributed by atoms with E-state index in [0.29, 0.717) is 0 Å². The molecule has 1 saturated heterocycles. The van der Waals surface area contributed by atoms with E-state index in [1.807, 2.05) is 11.3 Å². The maximum Gasteiger partial charge on any atom is 0.0701 e. The van der Waals surface area contributed by atoms with Crippen LogP contribution in [0.4, 0.5) is 0 Å². The summed E-state index contributed by atoms with van der Waals surface area (Å²) >= 11 is 5.34. The van der Waals surface area contributed by atoms with E-state index in [1.165, 1.54) is 47.7 Å². The van der Waals surface area contributed by atoms with Gasteiger partial charge in [-0.15, -0.1) is 11.3 Å². The Labute approximate surface area is 110 Å². The smallest absolute Gasteiger partial charge is 0.0701 e. The number of nitrogens with zero attached hydrogens (tertiary/aromatic N) is 2. The fraction of sp³-hybridized carbons (Fsp3) is 0.667. The van der Waals surface area contributed by atoms with Gasteiger partial charge in [0.15, 0.2) is 0 Å². The summed E-state index contributed by atoms with van der Waals surface area (Å²) in [5.41, 5.74) is 0. The number of hydrogen-bond acceptors (Lipinski definition) is 3. The molecule has 1 aromatic rings. The van der Waals surface area contributed by atoms with E-state index in [9.17, 15) is 0 Å². The maximum atomic E-state index is 3.51. The molecular weight excluding hydrogens is 284 g/mol. The maximum absolute atomic E-state index is 3.51. The first-order valence-corrected chi connectivity index (χ1v) is 7.50. The molecule has 0 atom stereocenters. The molecule has 0 N–H and O–H groups in total. The van der Waals surface area contributed by atoms with Gasteiger partial charge in [-0.25, -0.2) is 0 Å². The lowest BCUT2D eigenvalue weighted by Crippen LogP contribution is -2.30. The van der Waals surface area contributed by atoms with Crippen molar-refractivity contribution < 1.29 is 0 Å². The minimum absolute atomic E-state index is 1.07. The fourth-order valence-electron chi connectivity index (χ4n) is 2.10. The van der Waals surface area contributed by atoms with Crippen molar-refractivity contribution in [2.45, 2.75) is 19.4 Å². The second-order valence-electron chi connectivity index (χ2n) is 4.49. The van der Waals surface area contributed by atoms with E-state index in [2.05, 4.69) is 44.9 Å². The van der Waals surface area contributed by atoms with Gasteiger partial charge in [-0.2, -0.15) is 0 Å². The number of likely N-dealkylation sites (N-methyl/N-ethyl adjacent to an activating group) is 1. The van der Waals surface area contributed by atoms with Crippen LogP contribution in [0.5, 0.6) is 0 Å². The molecule has 1 aliphatic rings. The Bertz CT molecular complexity index is 321. The second kappa shape index (κ2) is 6.15. The predicted octanol–water partition coefficient (Wildman–Crippen LogP) is 3.04. The van der Waals surface area contributed by atoms with Gasteiger partial charge in [0.25, 0.3) is 0 Å². The Morgan fingerprint density at radius 2 is 2.12 bits per heavy atom. The number of thiophene rings is 1. The quantitative estimate of drug-likeness (QED) is 0.825. The van der Waals surface area contributed by atoms with Crippen molar-refractivity contribution >= 4 is 27.3 Å². The van der Waals surface area contributed by atoms with Crippen molar-refractivity contribution in [2.24, 2.45) is 0 Å². The van der Waals surface area contributed by atoms with Crippen LogP contribution in [0.3, 0.4) is 0 Å². The molecule has 1 aliphatic heterocycles. The van der Waals surface area contributed by atoms with Crippen LogP contribution in [0.25, 0.3) is 0 Å². The minimum Gasteiger partial charge on any atom is -0.302 e. The average molecular weight is 303 g/mol. The van der Waals surface area contributed by atoms with Crippen LogP contribution in [0, 0.1) is 0 Å². The molecule has 2 heterocycles. The largest absolute Gasteiger partial charge is 0.302 e. The third-order valence-electron chi connectivity index (χ3n) is 3.05. The molecule has 0 unspecified atom stereocenters. The minimum atomic E-state index is 1.07. The first-order valence-electron chi connectivity index (χ1n) is 5.89. The number of rotatable bonds is 5. The molecule has 2 nitrogen and oxygen atoms in total. The van der Waals surface area contributed by atoms with E-state index >= 15 is 0 Å². The highest BCUT2D eigenvalue weighted by Crippen LogP contribution is 2.22. The lowest BCUT2D eigenvalue weighted by molar-refractivity contribution is 0.253. The van der Waals surface area contributed by atoms with Crippen LogP contribution in [0.1, 0.15) is 17.7 Å². The molecule has 0 aliphatic carbocycles. The molecule has 0 spiro atoms. The molecule has 16 heavy (non-hydrogen) atoms. The zero-order chi connectivity index (χ0) is 11.4. The third-order valence-corrected chi connectivity index (χ3v) is 4.66. The first kappa shape index (κ1) is 12.6. The SMILES string of the molecule is CN(CCN1CCCC1)Cc1ccc(Br)s1. The molecule has 0 saturated carbocycles. The Balaban J connectivity index is 1.69. The average Bonchev–Trinajstić information content (AvgIpc) is 2.87. The van der Waals surface area contributed by atoms with E-state index in [0.717, 1.165) is 6.54 Å². The Morgan fingerprint density at radius 3 is 2.75 bits per heavy atom. The molecule has 1 fully saturated rings. The molecule has 4 heteroatoms. The van der Waals surface area contributed by atoms with Gasteiger partial charge in [-0.1, -0.05) is 0 Å². The zero-order valence-electron chi connectivity index (χ0n) is 9.79. The van der Waals surface area contributed by atoms with Gasteiger partial charge >= 0.3 is 0 Å². The van der Waals surface area contributed by atoms with Gasteiger partial charge in [0.1, 0.15) is 0 Å². The van der Waals surface area contributed by atoms with Crippen molar-refractivity contribution in [1.82, 2.24) is 9.80 Å². The van der Waals surface area contributed by atoms with Gasteiger partial charge in [0, 0.05) is 24.5 Å². The van der Waals surface area contributed by atoms with Crippen LogP contribution in [-0.4, -0.2) is 43.0 Å². The van der Waals surface area contributed by atoms with Gasteiger partial charge in [-0.05, 0) is 61.0 Å². The standard InChI is InChI=1S/C12H19BrN2S/c1-14(8-9-15-6-2-3-7-15)10-11-4-5-12(13)16-11/h4-5H,2-3,6-10H2,1H3. The zero-order valence-corrected chi connectivity index (χ0v) is 12.2. The lowest BCUT2D eigenvalue weighted by atomic mass is 10.4. The Morgan fingerprint density at radius 1 is 1.38 bits per heavy atom. The summed E-state index contributed by atoms with van der Waals surface area (Å²) in [6.07, 6.45) is 2.78. The van der Waals surface area contributed by atoms with Crippen molar-refractivity contribution in [3.63, 3.8) is 0 Å². The second-order valence-corrected chi connectivity index (χ2v) is 7.04. The van der Waals surface area contributed by atoms with Crippen LogP contribution < -0.4 is 0 Å². The number of halogens is 1. The summed E-state index contributed by atoms with van der Waals surface area (Å²) in [4.78, 5) is 6.42. The summed E-state index contributed by atoms with van der Waals surface area (Å²) < 4.78 is 1.23. The molecular formula is C12H19BrN2S. The van der Waals surface area contributed by atoms with Gasteiger partial charge in [-0.3, -0.25) is 0 Å². The van der Waals surface area contributed by atoms with Gasteiger partial charge in [0.2, 0.25) is 0 Å². The fourth-order valence-corrected chi connectivity index (χ4v) is 3.66. The summed E-state index contributed by atoms with van der Waals surface area (Å²) in [5.74, 6) is 0. The van der Waals surface area contributed by atoms with Crippen molar-refractivity contribution in [3.05, 3.63) is 20.8 Å². The van der Waals surface area contributed by atoms with E-state index < -0.39 is 0 Å². The predicted molar refractivity (Wildman–Crippen MR) is 74.0 cm³/mol. The highest BCUT2D eigenvalue weighted by Gasteiger charge is 2.11. The third kappa shape index (κ3) is 3.84. The molecule has 0 aromatic carbocycles. The van der Waals surface area contributed by atoms with Crippen molar-refractivity contribution in [1.29, 1.82) is 0 Å². The normalized spacial score (nSPS) is 17.4. The summed E-state index contributed by atoms with van der Waals surface area (Å²) in [6.45, 7) is 6.08. The van der Waals surface area contributed by atoms with Crippen LogP contribution in [-0.2, 0) is 6.54 Å². The van der Waals surface area contributed by atoms with Crippen molar-refractivity contribution in [3.8, 4) is 0 Å². The highest BCUT2D eigenvalue weighted by atomic mass is 79.9. The summed E-state index contributed by atoms with van der Waals surface area (Å²) in [6, 6.07) is 4.34. The number of hydrogen-bond donors (Lipinski definition) is 0.